The van der Waals surface area contributed by atoms with Gasteiger partial charge < -0.3 is 0 Å². The maximum atomic E-state index is 12.8. The zero-order chi connectivity index (χ0) is 11.8. The lowest BCUT2D eigenvalue weighted by molar-refractivity contribution is -0.141. The van der Waals surface area contributed by atoms with E-state index in [0.29, 0.717) is 6.42 Å². The Morgan fingerprint density at radius 3 is 2.13 bits per heavy atom. The summed E-state index contributed by atoms with van der Waals surface area (Å²) in [4.78, 5) is 21.4. The number of alkyl halides is 3. The molecule has 0 aromatic heterocycles. The van der Waals surface area contributed by atoms with Crippen molar-refractivity contribution in [2.24, 2.45) is 0 Å². The van der Waals surface area contributed by atoms with Crippen LogP contribution in [-0.4, -0.2) is 24.2 Å². The summed E-state index contributed by atoms with van der Waals surface area (Å²) in [6.45, 7) is 1.97. The van der Waals surface area contributed by atoms with Gasteiger partial charge in [0, 0.05) is 6.42 Å². The van der Waals surface area contributed by atoms with Crippen LogP contribution in [0.25, 0.3) is 0 Å². The van der Waals surface area contributed by atoms with Gasteiger partial charge in [0.2, 0.25) is 12.0 Å². The lowest BCUT2D eigenvalue weighted by Crippen LogP contribution is -2.30. The largest absolute Gasteiger partial charge is 0.299 e. The molecule has 0 N–H and O–H groups in total. The Kier molecular flexibility index (Phi) is 6.99. The van der Waals surface area contributed by atoms with Gasteiger partial charge in [0.15, 0.2) is 5.78 Å². The van der Waals surface area contributed by atoms with E-state index in [1.807, 2.05) is 6.92 Å². The number of ketones is 2. The van der Waals surface area contributed by atoms with Crippen molar-refractivity contribution >= 4 is 11.6 Å². The number of carbonyl (C=O) groups is 2. The highest BCUT2D eigenvalue weighted by atomic mass is 19.3. The van der Waals surface area contributed by atoms with E-state index in [2.05, 4.69) is 0 Å². The van der Waals surface area contributed by atoms with Crippen LogP contribution in [0.3, 0.4) is 0 Å². The van der Waals surface area contributed by atoms with Crippen LogP contribution in [0.4, 0.5) is 13.2 Å². The van der Waals surface area contributed by atoms with E-state index in [1.165, 1.54) is 0 Å². The van der Waals surface area contributed by atoms with Crippen molar-refractivity contribution in [1.82, 2.24) is 0 Å². The smallest absolute Gasteiger partial charge is 0.296 e. The Labute approximate surface area is 86.8 Å². The van der Waals surface area contributed by atoms with Crippen molar-refractivity contribution in [2.45, 2.75) is 51.6 Å². The van der Waals surface area contributed by atoms with E-state index in [-0.39, 0.29) is 6.42 Å². The zero-order valence-corrected chi connectivity index (χ0v) is 8.64. The van der Waals surface area contributed by atoms with Crippen molar-refractivity contribution in [3.8, 4) is 0 Å². The summed E-state index contributed by atoms with van der Waals surface area (Å²) in [6, 6.07) is 0. The normalized spacial score (nSPS) is 12.9. The molecule has 0 fully saturated rings. The third-order valence-corrected chi connectivity index (χ3v) is 2.02. The second kappa shape index (κ2) is 7.43. The van der Waals surface area contributed by atoms with Gasteiger partial charge in [-0.05, 0) is 6.42 Å². The average molecular weight is 224 g/mol. The average Bonchev–Trinajstić information content (AvgIpc) is 2.21. The molecule has 0 bridgehead atoms. The minimum Gasteiger partial charge on any atom is -0.296 e. The lowest BCUT2D eigenvalue weighted by atomic mass is 10.1. The molecule has 88 valence electrons. The summed E-state index contributed by atoms with van der Waals surface area (Å²) in [5, 5.41) is 0. The minimum atomic E-state index is -3.40. The monoisotopic (exact) mass is 224 g/mol. The molecule has 0 aliphatic rings. The summed E-state index contributed by atoms with van der Waals surface area (Å²) in [6.07, 6.45) is -3.12. The van der Waals surface area contributed by atoms with E-state index in [1.54, 1.807) is 0 Å². The molecule has 15 heavy (non-hydrogen) atoms. The van der Waals surface area contributed by atoms with Crippen molar-refractivity contribution in [2.75, 3.05) is 0 Å². The summed E-state index contributed by atoms with van der Waals surface area (Å²) < 4.78 is 36.3. The summed E-state index contributed by atoms with van der Waals surface area (Å²) in [5.41, 5.74) is 0. The van der Waals surface area contributed by atoms with Crippen molar-refractivity contribution in [3.05, 3.63) is 0 Å². The molecule has 1 unspecified atom stereocenters. The summed E-state index contributed by atoms with van der Waals surface area (Å²) in [7, 11) is 0. The van der Waals surface area contributed by atoms with Crippen LogP contribution in [-0.2, 0) is 9.59 Å². The molecular formula is C10H15F3O2. The number of carbonyl (C=O) groups excluding carboxylic acids is 2. The first-order valence-electron chi connectivity index (χ1n) is 4.99. The highest BCUT2D eigenvalue weighted by Gasteiger charge is 2.31. The van der Waals surface area contributed by atoms with Gasteiger partial charge in [0.05, 0.1) is 0 Å². The fraction of sp³-hybridized carbons (Fsp3) is 0.800. The third-order valence-electron chi connectivity index (χ3n) is 2.02. The Balaban J connectivity index is 3.84. The van der Waals surface area contributed by atoms with Crippen LogP contribution in [0.2, 0.25) is 0 Å². The van der Waals surface area contributed by atoms with Gasteiger partial charge in [0.1, 0.15) is 0 Å². The lowest BCUT2D eigenvalue weighted by Gasteiger charge is -2.05. The van der Waals surface area contributed by atoms with Gasteiger partial charge in [-0.15, -0.1) is 0 Å². The number of hydrogen-bond donors (Lipinski definition) is 0. The van der Waals surface area contributed by atoms with Gasteiger partial charge in [-0.2, -0.15) is 0 Å². The number of unbranched alkanes of at least 4 members (excludes halogenated alkanes) is 3. The maximum absolute atomic E-state index is 12.8. The van der Waals surface area contributed by atoms with E-state index in [9.17, 15) is 22.8 Å². The van der Waals surface area contributed by atoms with E-state index in [0.717, 1.165) is 19.3 Å². The van der Waals surface area contributed by atoms with Gasteiger partial charge in [-0.1, -0.05) is 26.2 Å². The Hall–Kier alpha value is -0.870. The number of rotatable bonds is 8. The Morgan fingerprint density at radius 2 is 1.67 bits per heavy atom. The first kappa shape index (κ1) is 14.1. The molecule has 0 saturated carbocycles. The second-order valence-corrected chi connectivity index (χ2v) is 3.34. The van der Waals surface area contributed by atoms with Crippen LogP contribution in [0.1, 0.15) is 39.0 Å². The molecule has 0 heterocycles. The first-order chi connectivity index (χ1) is 7.00. The van der Waals surface area contributed by atoms with Gasteiger partial charge in [-0.25, -0.2) is 13.2 Å². The standard InChI is InChI=1S/C10H15F3O2/c1-2-3-4-5-6-7(14)8(11)9(15)10(12)13/h8,10H,2-6H2,1H3. The number of halogens is 3. The van der Waals surface area contributed by atoms with Crippen molar-refractivity contribution in [3.63, 3.8) is 0 Å². The molecular weight excluding hydrogens is 209 g/mol. The third kappa shape index (κ3) is 5.54. The molecule has 0 aliphatic carbocycles. The van der Waals surface area contributed by atoms with Crippen LogP contribution < -0.4 is 0 Å². The van der Waals surface area contributed by atoms with Crippen LogP contribution >= 0.6 is 0 Å². The Bertz CT molecular complexity index is 217. The zero-order valence-electron chi connectivity index (χ0n) is 8.64. The van der Waals surface area contributed by atoms with Crippen LogP contribution in [0.5, 0.6) is 0 Å². The maximum Gasteiger partial charge on any atom is 0.299 e. The Morgan fingerprint density at radius 1 is 1.07 bits per heavy atom. The van der Waals surface area contributed by atoms with E-state index in [4.69, 9.17) is 0 Å². The SMILES string of the molecule is CCCCCCC(=O)C(F)C(=O)C(F)F. The van der Waals surface area contributed by atoms with E-state index >= 15 is 0 Å². The highest BCUT2D eigenvalue weighted by molar-refractivity contribution is 6.06. The molecule has 0 rings (SSSR count). The summed E-state index contributed by atoms with van der Waals surface area (Å²) in [5.74, 6) is -2.95. The minimum absolute atomic E-state index is 0.139. The van der Waals surface area contributed by atoms with E-state index < -0.39 is 24.2 Å². The second-order valence-electron chi connectivity index (χ2n) is 3.34. The molecule has 0 spiro atoms. The molecule has 0 radical (unpaired) electrons. The van der Waals surface area contributed by atoms with Crippen molar-refractivity contribution < 1.29 is 22.8 Å². The molecule has 0 aliphatic heterocycles. The number of Topliss-reactive ketones (excluding diaryl/α,β-unsaturated/α-hetero) is 2. The predicted molar refractivity (Wildman–Crippen MR) is 49.7 cm³/mol. The fourth-order valence-electron chi connectivity index (χ4n) is 1.12. The molecule has 0 aromatic rings. The molecule has 0 amide bonds. The van der Waals surface area contributed by atoms with Crippen LogP contribution in [0, 0.1) is 0 Å². The molecule has 0 aromatic carbocycles. The number of hydrogen-bond acceptors (Lipinski definition) is 2. The van der Waals surface area contributed by atoms with Crippen molar-refractivity contribution in [1.29, 1.82) is 0 Å². The predicted octanol–water partition coefficient (Wildman–Crippen LogP) is 2.70. The molecule has 5 heteroatoms. The highest BCUT2D eigenvalue weighted by Crippen LogP contribution is 2.10. The van der Waals surface area contributed by atoms with Crippen LogP contribution in [0.15, 0.2) is 0 Å². The van der Waals surface area contributed by atoms with Gasteiger partial charge >= 0.3 is 0 Å². The fourth-order valence-corrected chi connectivity index (χ4v) is 1.12. The molecule has 1 atom stereocenters. The van der Waals surface area contributed by atoms with Gasteiger partial charge in [0.25, 0.3) is 6.43 Å². The summed E-state index contributed by atoms with van der Waals surface area (Å²) >= 11 is 0. The van der Waals surface area contributed by atoms with Gasteiger partial charge in [-0.3, -0.25) is 9.59 Å². The molecule has 0 saturated heterocycles. The topological polar surface area (TPSA) is 34.1 Å². The molecule has 2 nitrogen and oxygen atoms in total. The quantitative estimate of drug-likeness (QED) is 0.469. The first-order valence-corrected chi connectivity index (χ1v) is 4.99.